The summed E-state index contributed by atoms with van der Waals surface area (Å²) in [6.45, 7) is 10.6. The minimum atomic E-state index is -0.155. The van der Waals surface area contributed by atoms with Gasteiger partial charge in [-0.15, -0.1) is 11.3 Å². The number of thiophene rings is 1. The molecular formula is C43H33N3S. The van der Waals surface area contributed by atoms with Gasteiger partial charge in [0.05, 0.1) is 0 Å². The van der Waals surface area contributed by atoms with Crippen molar-refractivity contribution < 1.29 is 0 Å². The van der Waals surface area contributed by atoms with Crippen LogP contribution in [0, 0.1) is 0 Å². The highest BCUT2D eigenvalue weighted by Crippen LogP contribution is 2.56. The van der Waals surface area contributed by atoms with Gasteiger partial charge in [-0.2, -0.15) is 0 Å². The summed E-state index contributed by atoms with van der Waals surface area (Å²) >= 11 is 1.92. The van der Waals surface area contributed by atoms with Crippen molar-refractivity contribution in [2.45, 2.75) is 26.2 Å². The van der Waals surface area contributed by atoms with Crippen LogP contribution in [0.25, 0.3) is 70.8 Å². The molecule has 47 heavy (non-hydrogen) atoms. The van der Waals surface area contributed by atoms with Crippen molar-refractivity contribution in [2.75, 3.05) is 0 Å². The third kappa shape index (κ3) is 4.84. The molecular weight excluding hydrogens is 591 g/mol. The number of benzene rings is 5. The van der Waals surface area contributed by atoms with Gasteiger partial charge >= 0.3 is 0 Å². The van der Waals surface area contributed by atoms with Crippen LogP contribution in [-0.2, 0) is 5.41 Å². The fourth-order valence-corrected chi connectivity index (χ4v) is 8.41. The average Bonchev–Trinajstić information content (AvgIpc) is 3.60. The number of hydrogen-bond donors (Lipinski definition) is 0. The van der Waals surface area contributed by atoms with Gasteiger partial charge in [0.15, 0.2) is 17.5 Å². The minimum absolute atomic E-state index is 0.155. The van der Waals surface area contributed by atoms with Crippen molar-refractivity contribution in [3.05, 3.63) is 157 Å². The number of hydrogen-bond acceptors (Lipinski definition) is 4. The molecule has 226 valence electrons. The second-order valence-electron chi connectivity index (χ2n) is 12.5. The fraction of sp³-hybridized carbons (Fsp3) is 0.0930. The molecule has 0 N–H and O–H groups in total. The molecule has 2 aromatic heterocycles. The van der Waals surface area contributed by atoms with Crippen LogP contribution < -0.4 is 0 Å². The number of aromatic nitrogens is 3. The lowest BCUT2D eigenvalue weighted by Gasteiger charge is -2.25. The first-order valence-electron chi connectivity index (χ1n) is 15.9. The molecule has 8 rings (SSSR count). The highest BCUT2D eigenvalue weighted by atomic mass is 32.1. The normalized spacial score (nSPS) is 13.7. The molecule has 0 atom stereocenters. The Balaban J connectivity index is 1.22. The maximum absolute atomic E-state index is 4.93. The molecule has 0 bridgehead atoms. The minimum Gasteiger partial charge on any atom is -0.209 e. The van der Waals surface area contributed by atoms with E-state index in [0.717, 1.165) is 16.7 Å². The first-order valence-corrected chi connectivity index (χ1v) is 16.7. The number of nitrogens with zero attached hydrogens (tertiary/aromatic N) is 3. The molecule has 0 fully saturated rings. The quantitative estimate of drug-likeness (QED) is 0.173. The summed E-state index contributed by atoms with van der Waals surface area (Å²) in [6.07, 6.45) is 7.60. The number of rotatable bonds is 6. The lowest BCUT2D eigenvalue weighted by Crippen LogP contribution is -2.16. The predicted molar refractivity (Wildman–Crippen MR) is 200 cm³/mol. The molecule has 1 aliphatic carbocycles. The Labute approximate surface area is 279 Å². The molecule has 5 aromatic carbocycles. The van der Waals surface area contributed by atoms with E-state index in [1.54, 1.807) is 6.08 Å². The molecule has 1 aliphatic rings. The SMILES string of the molecule is C=C/C=C\C=C(/C)c1nc(-c2ccccc2)nc(-c2ccc(-c3cccc4c3C(C)(C)c3c-4ccc4c3sc3ccccc34)cc2)n1. The van der Waals surface area contributed by atoms with Crippen LogP contribution in [0.3, 0.4) is 0 Å². The van der Waals surface area contributed by atoms with E-state index in [9.17, 15) is 0 Å². The molecule has 0 unspecified atom stereocenters. The van der Waals surface area contributed by atoms with Gasteiger partial charge in [0.2, 0.25) is 0 Å². The van der Waals surface area contributed by atoms with Gasteiger partial charge in [0.1, 0.15) is 0 Å². The lowest BCUT2D eigenvalue weighted by molar-refractivity contribution is 0.669. The number of allylic oxidation sites excluding steroid dienone is 5. The van der Waals surface area contributed by atoms with Gasteiger partial charge in [-0.25, -0.2) is 15.0 Å². The highest BCUT2D eigenvalue weighted by Gasteiger charge is 2.39. The summed E-state index contributed by atoms with van der Waals surface area (Å²) in [7, 11) is 0. The highest BCUT2D eigenvalue weighted by molar-refractivity contribution is 7.26. The maximum Gasteiger partial charge on any atom is 0.164 e. The first kappa shape index (κ1) is 29.0. The van der Waals surface area contributed by atoms with Crippen LogP contribution >= 0.6 is 11.3 Å². The van der Waals surface area contributed by atoms with Crippen LogP contribution in [0.1, 0.15) is 37.7 Å². The van der Waals surface area contributed by atoms with E-state index < -0.39 is 0 Å². The van der Waals surface area contributed by atoms with E-state index in [1.165, 1.54) is 53.6 Å². The van der Waals surface area contributed by atoms with Gasteiger partial charge < -0.3 is 0 Å². The van der Waals surface area contributed by atoms with Gasteiger partial charge in [-0.05, 0) is 51.9 Å². The van der Waals surface area contributed by atoms with Gasteiger partial charge in [-0.1, -0.05) is 148 Å². The molecule has 7 aromatic rings. The summed E-state index contributed by atoms with van der Waals surface area (Å²) in [5.74, 6) is 1.96. The summed E-state index contributed by atoms with van der Waals surface area (Å²) in [5, 5.41) is 2.69. The third-order valence-corrected chi connectivity index (χ3v) is 10.4. The smallest absolute Gasteiger partial charge is 0.164 e. The molecule has 0 aliphatic heterocycles. The maximum atomic E-state index is 4.93. The van der Waals surface area contributed by atoms with E-state index in [1.807, 2.05) is 66.8 Å². The topological polar surface area (TPSA) is 38.7 Å². The van der Waals surface area contributed by atoms with Crippen LogP contribution in [0.4, 0.5) is 0 Å². The van der Waals surface area contributed by atoms with Crippen molar-refractivity contribution in [1.82, 2.24) is 15.0 Å². The van der Waals surface area contributed by atoms with Gasteiger partial charge in [-0.3, -0.25) is 0 Å². The fourth-order valence-electron chi connectivity index (χ4n) is 7.00. The van der Waals surface area contributed by atoms with Crippen molar-refractivity contribution in [3.8, 4) is 45.0 Å². The number of fused-ring (bicyclic) bond motifs is 7. The summed E-state index contributed by atoms with van der Waals surface area (Å²) < 4.78 is 2.74. The second kappa shape index (κ2) is 11.4. The molecule has 0 saturated carbocycles. The standard InChI is InChI=1S/C43H33N3S/c1-5-6-8-14-27(2)40-44-41(29-15-9-7-10-16-29)46-42(45-40)30-23-21-28(22-24-30)31-18-13-19-33-34-25-26-35-32-17-11-12-20-36(32)47-39(35)38(34)43(3,4)37(31)33/h5-26H,1H2,2-4H3/b8-6-,27-14+. The zero-order valence-electron chi connectivity index (χ0n) is 26.7. The van der Waals surface area contributed by atoms with E-state index >= 15 is 0 Å². The van der Waals surface area contributed by atoms with Gasteiger partial charge in [0.25, 0.3) is 0 Å². The third-order valence-electron chi connectivity index (χ3n) is 9.22. The van der Waals surface area contributed by atoms with E-state index in [4.69, 9.17) is 15.0 Å². The Bertz CT molecular complexity index is 2390. The monoisotopic (exact) mass is 623 g/mol. The van der Waals surface area contributed by atoms with Crippen molar-refractivity contribution in [2.24, 2.45) is 0 Å². The Morgan fingerprint density at radius 3 is 2.04 bits per heavy atom. The van der Waals surface area contributed by atoms with Gasteiger partial charge in [0, 0.05) is 36.7 Å². The largest absolute Gasteiger partial charge is 0.209 e. The summed E-state index contributed by atoms with van der Waals surface area (Å²) in [5.41, 5.74) is 10.6. The van der Waals surface area contributed by atoms with Crippen molar-refractivity contribution >= 4 is 37.1 Å². The molecule has 0 spiro atoms. The molecule has 2 heterocycles. The van der Waals surface area contributed by atoms with Crippen LogP contribution in [-0.4, -0.2) is 15.0 Å². The summed E-state index contributed by atoms with van der Waals surface area (Å²) in [6, 6.07) is 39.0. The summed E-state index contributed by atoms with van der Waals surface area (Å²) in [4.78, 5) is 14.7. The van der Waals surface area contributed by atoms with E-state index in [-0.39, 0.29) is 5.41 Å². The molecule has 0 radical (unpaired) electrons. The first-order chi connectivity index (χ1) is 22.9. The van der Waals surface area contributed by atoms with E-state index in [0.29, 0.717) is 17.5 Å². The Hall–Kier alpha value is -5.45. The molecule has 0 saturated heterocycles. The van der Waals surface area contributed by atoms with Crippen molar-refractivity contribution in [1.29, 1.82) is 0 Å². The molecule has 3 nitrogen and oxygen atoms in total. The van der Waals surface area contributed by atoms with E-state index in [2.05, 4.69) is 99.3 Å². The Kier molecular flexibility index (Phi) is 7.04. The zero-order valence-corrected chi connectivity index (χ0v) is 27.5. The Morgan fingerprint density at radius 1 is 0.617 bits per heavy atom. The van der Waals surface area contributed by atoms with Crippen molar-refractivity contribution in [3.63, 3.8) is 0 Å². The van der Waals surface area contributed by atoms with Crippen LogP contribution in [0.5, 0.6) is 0 Å². The average molecular weight is 624 g/mol. The molecule has 0 amide bonds. The zero-order chi connectivity index (χ0) is 32.1. The van der Waals surface area contributed by atoms with Crippen LogP contribution in [0.15, 0.2) is 140 Å². The van der Waals surface area contributed by atoms with Crippen LogP contribution in [0.2, 0.25) is 0 Å². The Morgan fingerprint density at radius 2 is 1.28 bits per heavy atom. The predicted octanol–water partition coefficient (Wildman–Crippen LogP) is 11.7. The molecule has 4 heteroatoms. The lowest BCUT2D eigenvalue weighted by atomic mass is 9.78. The second-order valence-corrected chi connectivity index (χ2v) is 13.6.